The Kier molecular flexibility index (Phi) is 5.20. The third kappa shape index (κ3) is 3.47. The van der Waals surface area contributed by atoms with Crippen LogP contribution in [0.3, 0.4) is 0 Å². The van der Waals surface area contributed by atoms with Gasteiger partial charge in [0.1, 0.15) is 0 Å². The molecular formula is C24H19OPS. The summed E-state index contributed by atoms with van der Waals surface area (Å²) in [6.45, 7) is -2.22. The Bertz CT molecular complexity index is 966. The van der Waals surface area contributed by atoms with Gasteiger partial charge < -0.3 is 0 Å². The third-order valence-electron chi connectivity index (χ3n) is 4.57. The molecule has 1 heterocycles. The predicted molar refractivity (Wildman–Crippen MR) is 120 cm³/mol. The first-order valence-corrected chi connectivity index (χ1v) is 11.5. The quantitative estimate of drug-likeness (QED) is 0.358. The van der Waals surface area contributed by atoms with Crippen LogP contribution in [-0.4, -0.2) is 11.6 Å². The minimum absolute atomic E-state index is 0.0925. The zero-order valence-corrected chi connectivity index (χ0v) is 16.4. The Morgan fingerprint density at radius 1 is 0.630 bits per heavy atom. The van der Waals surface area contributed by atoms with E-state index in [9.17, 15) is 4.79 Å². The molecule has 3 aromatic carbocycles. The summed E-state index contributed by atoms with van der Waals surface area (Å²) in [6.07, 6.45) is 0. The van der Waals surface area contributed by atoms with E-state index < -0.39 is 6.89 Å². The van der Waals surface area contributed by atoms with Crippen molar-refractivity contribution in [2.24, 2.45) is 0 Å². The van der Waals surface area contributed by atoms with Crippen LogP contribution in [0.15, 0.2) is 109 Å². The second-order valence-electron chi connectivity index (χ2n) is 6.20. The maximum absolute atomic E-state index is 13.2. The van der Waals surface area contributed by atoms with Crippen molar-refractivity contribution in [3.8, 4) is 0 Å². The molecule has 1 nitrogen and oxygen atoms in total. The fraction of sp³-hybridized carbons (Fsp3) is 0. The van der Waals surface area contributed by atoms with E-state index in [-0.39, 0.29) is 5.78 Å². The van der Waals surface area contributed by atoms with Gasteiger partial charge in [0.15, 0.2) is 5.78 Å². The van der Waals surface area contributed by atoms with E-state index in [1.165, 1.54) is 27.3 Å². The highest BCUT2D eigenvalue weighted by Gasteiger charge is 2.26. The molecule has 132 valence electrons. The molecule has 0 unspecified atom stereocenters. The molecule has 0 saturated carbocycles. The lowest BCUT2D eigenvalue weighted by atomic mass is 10.3. The monoisotopic (exact) mass is 386 g/mol. The van der Waals surface area contributed by atoms with Crippen molar-refractivity contribution in [3.63, 3.8) is 0 Å². The Hall–Kier alpha value is -2.67. The first kappa shape index (κ1) is 17.7. The summed E-state index contributed by atoms with van der Waals surface area (Å²) in [5, 5.41) is 5.52. The van der Waals surface area contributed by atoms with Gasteiger partial charge in [-0.25, -0.2) is 0 Å². The van der Waals surface area contributed by atoms with Gasteiger partial charge in [-0.2, -0.15) is 0 Å². The largest absolute Gasteiger partial charge is 0.288 e. The molecule has 0 saturated heterocycles. The van der Waals surface area contributed by atoms with E-state index in [0.717, 1.165) is 4.88 Å². The zero-order valence-electron chi connectivity index (χ0n) is 14.7. The minimum atomic E-state index is -2.22. The number of hydrogen-bond donors (Lipinski definition) is 0. The maximum Gasteiger partial charge on any atom is 0.196 e. The van der Waals surface area contributed by atoms with Gasteiger partial charge in [-0.15, -0.1) is 11.3 Å². The van der Waals surface area contributed by atoms with Crippen molar-refractivity contribution in [2.45, 2.75) is 0 Å². The molecule has 4 rings (SSSR count). The normalized spacial score (nSPS) is 11.1. The zero-order chi connectivity index (χ0) is 18.5. The van der Waals surface area contributed by atoms with Gasteiger partial charge in [0, 0.05) is 0 Å². The van der Waals surface area contributed by atoms with Gasteiger partial charge in [0.2, 0.25) is 0 Å². The van der Waals surface area contributed by atoms with Crippen LogP contribution in [0.5, 0.6) is 0 Å². The molecule has 27 heavy (non-hydrogen) atoms. The lowest BCUT2D eigenvalue weighted by Gasteiger charge is -2.28. The van der Waals surface area contributed by atoms with Crippen LogP contribution in [-0.2, 0) is 0 Å². The number of Topliss-reactive ketones (excluding diaryl/α,β-unsaturated/α-hetero) is 1. The number of ketones is 1. The lowest BCUT2D eigenvalue weighted by molar-refractivity contribution is 0.107. The Morgan fingerprint density at radius 2 is 1.07 bits per heavy atom. The first-order chi connectivity index (χ1) is 13.3. The average Bonchev–Trinajstić information content (AvgIpc) is 3.29. The molecule has 0 radical (unpaired) electrons. The van der Waals surface area contributed by atoms with Crippen LogP contribution in [0.25, 0.3) is 0 Å². The van der Waals surface area contributed by atoms with E-state index in [1.807, 2.05) is 41.5 Å². The van der Waals surface area contributed by atoms with Crippen LogP contribution in [0.2, 0.25) is 0 Å². The summed E-state index contributed by atoms with van der Waals surface area (Å²) in [7, 11) is 0. The summed E-state index contributed by atoms with van der Waals surface area (Å²) >= 11 is 1.49. The standard InChI is InChI=1S/C24H19OPS/c25-23(24-17-10-18-27-24)19-26(20-11-4-1-5-12-20,21-13-6-2-7-14-21)22-15-8-3-9-16-22/h1-19H. The Morgan fingerprint density at radius 3 is 1.44 bits per heavy atom. The second kappa shape index (κ2) is 7.92. The van der Waals surface area contributed by atoms with Gasteiger partial charge in [0.25, 0.3) is 0 Å². The number of hydrogen-bond acceptors (Lipinski definition) is 2. The molecular weight excluding hydrogens is 367 g/mol. The Balaban J connectivity index is 2.08. The SMILES string of the molecule is O=C(C=P(c1ccccc1)(c1ccccc1)c1ccccc1)c1cccs1. The van der Waals surface area contributed by atoms with Gasteiger partial charge in [0.05, 0.1) is 4.88 Å². The van der Waals surface area contributed by atoms with Crippen LogP contribution in [0, 0.1) is 0 Å². The Labute approximate surface area is 163 Å². The smallest absolute Gasteiger partial charge is 0.196 e. The highest BCUT2D eigenvalue weighted by atomic mass is 32.1. The van der Waals surface area contributed by atoms with Gasteiger partial charge in [-0.1, -0.05) is 97.1 Å². The van der Waals surface area contributed by atoms with Gasteiger partial charge in [-0.05, 0) is 40.0 Å². The van der Waals surface area contributed by atoms with E-state index >= 15 is 0 Å². The van der Waals surface area contributed by atoms with E-state index in [2.05, 4.69) is 72.8 Å². The maximum atomic E-state index is 13.2. The lowest BCUT2D eigenvalue weighted by Crippen LogP contribution is -2.28. The number of carbonyl (C=O) groups excluding carboxylic acids is 1. The van der Waals surface area contributed by atoms with Crippen LogP contribution >= 0.6 is 18.2 Å². The second-order valence-corrected chi connectivity index (χ2v) is 10.4. The molecule has 0 bridgehead atoms. The van der Waals surface area contributed by atoms with Crippen LogP contribution < -0.4 is 15.9 Å². The van der Waals surface area contributed by atoms with Gasteiger partial charge >= 0.3 is 0 Å². The minimum Gasteiger partial charge on any atom is -0.288 e. The molecule has 1 aromatic heterocycles. The molecule has 0 atom stereocenters. The molecule has 0 aliphatic rings. The number of rotatable bonds is 5. The van der Waals surface area contributed by atoms with Crippen molar-refractivity contribution < 1.29 is 4.79 Å². The summed E-state index contributed by atoms with van der Waals surface area (Å²) in [5.74, 6) is 2.08. The molecule has 4 aromatic rings. The first-order valence-electron chi connectivity index (χ1n) is 8.80. The van der Waals surface area contributed by atoms with E-state index in [1.54, 1.807) is 0 Å². The van der Waals surface area contributed by atoms with Crippen molar-refractivity contribution >= 4 is 45.7 Å². The fourth-order valence-electron chi connectivity index (χ4n) is 3.32. The molecule has 0 spiro atoms. The van der Waals surface area contributed by atoms with E-state index in [4.69, 9.17) is 0 Å². The van der Waals surface area contributed by atoms with Crippen molar-refractivity contribution in [1.29, 1.82) is 0 Å². The van der Waals surface area contributed by atoms with Crippen LogP contribution in [0.1, 0.15) is 9.67 Å². The van der Waals surface area contributed by atoms with Crippen molar-refractivity contribution in [2.75, 3.05) is 0 Å². The summed E-state index contributed by atoms with van der Waals surface area (Å²) in [4.78, 5) is 14.0. The molecule has 0 fully saturated rings. The summed E-state index contributed by atoms with van der Waals surface area (Å²) in [5.41, 5.74) is 0. The number of carbonyl (C=O) groups is 1. The highest BCUT2D eigenvalue weighted by Crippen LogP contribution is 2.43. The average molecular weight is 386 g/mol. The predicted octanol–water partition coefficient (Wildman–Crippen LogP) is 4.73. The summed E-state index contributed by atoms with van der Waals surface area (Å²) < 4.78 is 0. The van der Waals surface area contributed by atoms with Crippen molar-refractivity contribution in [3.05, 3.63) is 113 Å². The molecule has 3 heteroatoms. The molecule has 0 N–H and O–H groups in total. The molecule has 0 aliphatic heterocycles. The van der Waals surface area contributed by atoms with Crippen molar-refractivity contribution in [1.82, 2.24) is 0 Å². The fourth-order valence-corrected chi connectivity index (χ4v) is 7.80. The number of thiophene rings is 1. The number of benzene rings is 3. The van der Waals surface area contributed by atoms with E-state index in [0.29, 0.717) is 0 Å². The summed E-state index contributed by atoms with van der Waals surface area (Å²) in [6, 6.07) is 35.1. The van der Waals surface area contributed by atoms with Crippen LogP contribution in [0.4, 0.5) is 0 Å². The topological polar surface area (TPSA) is 17.1 Å². The molecule has 0 aliphatic carbocycles. The highest BCUT2D eigenvalue weighted by molar-refractivity contribution is 7.95. The molecule has 0 amide bonds. The third-order valence-corrected chi connectivity index (χ3v) is 9.41. The van der Waals surface area contributed by atoms with Gasteiger partial charge in [-0.3, -0.25) is 4.79 Å².